The van der Waals surface area contributed by atoms with E-state index in [9.17, 15) is 19.1 Å². The molecule has 1 N–H and O–H groups in total. The molecule has 0 amide bonds. The minimum absolute atomic E-state index is 0.00803. The van der Waals surface area contributed by atoms with E-state index < -0.39 is 17.2 Å². The monoisotopic (exact) mass is 376 g/mol. The predicted octanol–water partition coefficient (Wildman–Crippen LogP) is 2.17. The molecule has 2 aromatic rings. The lowest BCUT2D eigenvalue weighted by molar-refractivity contribution is 0.0695. The lowest BCUT2D eigenvalue weighted by Crippen LogP contribution is -2.53. The second-order valence-corrected chi connectivity index (χ2v) is 7.77. The Kier molecular flexibility index (Phi) is 4.94. The first-order valence-electron chi connectivity index (χ1n) is 9.10. The molecule has 0 radical (unpaired) electrons. The number of carbonyl (C=O) groups is 1. The normalized spacial score (nSPS) is 16.1. The first-order valence-corrected chi connectivity index (χ1v) is 9.10. The van der Waals surface area contributed by atoms with Crippen LogP contribution >= 0.6 is 0 Å². The van der Waals surface area contributed by atoms with Crippen LogP contribution in [0.1, 0.15) is 38.1 Å². The smallest absolute Gasteiger partial charge is 0.341 e. The molecule has 0 aliphatic carbocycles. The van der Waals surface area contributed by atoms with Crippen molar-refractivity contribution in [2.24, 2.45) is 0 Å². The quantitative estimate of drug-likeness (QED) is 0.885. The summed E-state index contributed by atoms with van der Waals surface area (Å²) in [5.74, 6) is -1.72. The van der Waals surface area contributed by atoms with Crippen LogP contribution in [0.15, 0.2) is 17.1 Å². The van der Waals surface area contributed by atoms with E-state index in [0.29, 0.717) is 25.3 Å². The number of aromatic carboxylic acids is 1. The van der Waals surface area contributed by atoms with Crippen LogP contribution in [0.2, 0.25) is 0 Å². The molecule has 1 fully saturated rings. The molecule has 3 heterocycles. The number of anilines is 1. The van der Waals surface area contributed by atoms with Crippen molar-refractivity contribution >= 4 is 22.8 Å². The zero-order chi connectivity index (χ0) is 19.9. The fourth-order valence-electron chi connectivity index (χ4n) is 3.48. The average Bonchev–Trinajstić information content (AvgIpc) is 2.61. The van der Waals surface area contributed by atoms with E-state index in [2.05, 4.69) is 30.7 Å². The van der Waals surface area contributed by atoms with Crippen molar-refractivity contribution in [1.29, 1.82) is 0 Å². The zero-order valence-corrected chi connectivity index (χ0v) is 16.1. The van der Waals surface area contributed by atoms with Gasteiger partial charge in [-0.3, -0.25) is 9.69 Å². The van der Waals surface area contributed by atoms with Crippen molar-refractivity contribution in [1.82, 2.24) is 14.5 Å². The van der Waals surface area contributed by atoms with Gasteiger partial charge in [0.1, 0.15) is 11.2 Å². The van der Waals surface area contributed by atoms with Gasteiger partial charge in [-0.15, -0.1) is 0 Å². The van der Waals surface area contributed by atoms with Crippen molar-refractivity contribution in [2.45, 2.75) is 39.8 Å². The van der Waals surface area contributed by atoms with E-state index in [1.165, 1.54) is 6.20 Å². The molecular weight excluding hydrogens is 351 g/mol. The molecule has 3 rings (SSSR count). The van der Waals surface area contributed by atoms with Crippen LogP contribution in [-0.4, -0.2) is 57.2 Å². The van der Waals surface area contributed by atoms with E-state index in [1.807, 2.05) is 11.8 Å². The summed E-state index contributed by atoms with van der Waals surface area (Å²) in [4.78, 5) is 32.4. The summed E-state index contributed by atoms with van der Waals surface area (Å²) in [5.41, 5.74) is -0.728. The number of halogens is 1. The van der Waals surface area contributed by atoms with Gasteiger partial charge < -0.3 is 14.6 Å². The number of pyridine rings is 2. The van der Waals surface area contributed by atoms with Gasteiger partial charge in [-0.05, 0) is 33.8 Å². The van der Waals surface area contributed by atoms with Crippen LogP contribution < -0.4 is 10.3 Å². The molecule has 1 aliphatic heterocycles. The fraction of sp³-hybridized carbons (Fsp3) is 0.526. The number of aryl methyl sites for hydroxylation is 1. The summed E-state index contributed by atoms with van der Waals surface area (Å²) < 4.78 is 16.3. The van der Waals surface area contributed by atoms with Crippen LogP contribution in [0.5, 0.6) is 0 Å². The summed E-state index contributed by atoms with van der Waals surface area (Å²) in [7, 11) is 0. The third kappa shape index (κ3) is 3.53. The van der Waals surface area contributed by atoms with Crippen LogP contribution in [-0.2, 0) is 6.54 Å². The zero-order valence-electron chi connectivity index (χ0n) is 16.1. The number of aromatic nitrogens is 2. The Morgan fingerprint density at radius 1 is 1.26 bits per heavy atom. The van der Waals surface area contributed by atoms with Gasteiger partial charge in [-0.1, -0.05) is 0 Å². The van der Waals surface area contributed by atoms with Crippen LogP contribution in [0, 0.1) is 5.82 Å². The number of hydrogen-bond donors (Lipinski definition) is 1. The maximum absolute atomic E-state index is 14.8. The number of rotatable bonds is 3. The molecule has 0 unspecified atom stereocenters. The maximum atomic E-state index is 14.8. The van der Waals surface area contributed by atoms with Gasteiger partial charge in [-0.25, -0.2) is 14.2 Å². The van der Waals surface area contributed by atoms with Crippen LogP contribution in [0.25, 0.3) is 11.0 Å². The van der Waals surface area contributed by atoms with Gasteiger partial charge in [0.05, 0.1) is 5.39 Å². The SMILES string of the molecule is CCn1cc(C(=O)O)c(=O)c2cc(F)c(N3CCN(C(C)(C)C)CC3)nc21. The molecule has 0 aromatic carbocycles. The summed E-state index contributed by atoms with van der Waals surface area (Å²) in [6.07, 6.45) is 1.28. The van der Waals surface area contributed by atoms with Gasteiger partial charge >= 0.3 is 5.97 Å². The molecule has 146 valence electrons. The number of nitrogens with zero attached hydrogens (tertiary/aromatic N) is 4. The first-order chi connectivity index (χ1) is 12.6. The van der Waals surface area contributed by atoms with Gasteiger partial charge in [0.25, 0.3) is 0 Å². The molecule has 7 nitrogen and oxygen atoms in total. The van der Waals surface area contributed by atoms with Crippen molar-refractivity contribution in [3.05, 3.63) is 33.9 Å². The highest BCUT2D eigenvalue weighted by molar-refractivity contribution is 5.92. The Bertz CT molecular complexity index is 941. The summed E-state index contributed by atoms with van der Waals surface area (Å²) >= 11 is 0. The Morgan fingerprint density at radius 2 is 1.89 bits per heavy atom. The topological polar surface area (TPSA) is 78.7 Å². The summed E-state index contributed by atoms with van der Waals surface area (Å²) in [6.45, 7) is 11.6. The molecule has 0 spiro atoms. The second kappa shape index (κ2) is 6.92. The standard InChI is InChI=1S/C19H25FN4O3/c1-5-22-11-13(18(26)27)15(25)12-10-14(20)17(21-16(12)22)23-6-8-24(9-7-23)19(2,3)4/h10-11H,5-9H2,1-4H3,(H,26,27). The molecule has 2 aromatic heterocycles. The summed E-state index contributed by atoms with van der Waals surface area (Å²) in [5, 5.41) is 9.21. The van der Waals surface area contributed by atoms with Crippen LogP contribution in [0.4, 0.5) is 10.2 Å². The highest BCUT2D eigenvalue weighted by atomic mass is 19.1. The number of carboxylic acid groups (broad SMARTS) is 1. The van der Waals surface area contributed by atoms with Crippen LogP contribution in [0.3, 0.4) is 0 Å². The average molecular weight is 376 g/mol. The van der Waals surface area contributed by atoms with E-state index in [4.69, 9.17) is 0 Å². The predicted molar refractivity (Wildman–Crippen MR) is 102 cm³/mol. The van der Waals surface area contributed by atoms with Crippen molar-refractivity contribution in [2.75, 3.05) is 31.1 Å². The highest BCUT2D eigenvalue weighted by Gasteiger charge is 2.28. The van der Waals surface area contributed by atoms with E-state index in [0.717, 1.165) is 19.2 Å². The molecule has 8 heteroatoms. The molecule has 27 heavy (non-hydrogen) atoms. The highest BCUT2D eigenvalue weighted by Crippen LogP contribution is 2.24. The lowest BCUT2D eigenvalue weighted by atomic mass is 10.0. The Balaban J connectivity index is 2.04. The number of carboxylic acids is 1. The minimum Gasteiger partial charge on any atom is -0.477 e. The fourth-order valence-corrected chi connectivity index (χ4v) is 3.48. The largest absolute Gasteiger partial charge is 0.477 e. The molecule has 0 atom stereocenters. The minimum atomic E-state index is -1.33. The Hall–Kier alpha value is -2.48. The third-order valence-electron chi connectivity index (χ3n) is 5.08. The van der Waals surface area contributed by atoms with E-state index >= 15 is 0 Å². The van der Waals surface area contributed by atoms with Gasteiger partial charge in [0, 0.05) is 44.5 Å². The Morgan fingerprint density at radius 3 is 2.41 bits per heavy atom. The molecular formula is C19H25FN4O3. The van der Waals surface area contributed by atoms with E-state index in [-0.39, 0.29) is 22.3 Å². The third-order valence-corrected chi connectivity index (χ3v) is 5.08. The maximum Gasteiger partial charge on any atom is 0.341 e. The number of hydrogen-bond acceptors (Lipinski definition) is 5. The first kappa shape index (κ1) is 19.3. The molecule has 1 saturated heterocycles. The number of fused-ring (bicyclic) bond motifs is 1. The van der Waals surface area contributed by atoms with Gasteiger partial charge in [0.15, 0.2) is 11.6 Å². The van der Waals surface area contributed by atoms with Crippen molar-refractivity contribution in [3.8, 4) is 0 Å². The Labute approximate surface area is 157 Å². The van der Waals surface area contributed by atoms with E-state index in [1.54, 1.807) is 4.57 Å². The second-order valence-electron chi connectivity index (χ2n) is 7.77. The molecule has 0 bridgehead atoms. The number of piperazine rings is 1. The summed E-state index contributed by atoms with van der Waals surface area (Å²) in [6, 6.07) is 1.12. The van der Waals surface area contributed by atoms with Gasteiger partial charge in [0.2, 0.25) is 5.43 Å². The van der Waals surface area contributed by atoms with Crippen molar-refractivity contribution < 1.29 is 14.3 Å². The van der Waals surface area contributed by atoms with Gasteiger partial charge in [-0.2, -0.15) is 0 Å². The molecule has 0 saturated carbocycles. The lowest BCUT2D eigenvalue weighted by Gasteiger charge is -2.42. The molecule has 1 aliphatic rings. The van der Waals surface area contributed by atoms with Crippen molar-refractivity contribution in [3.63, 3.8) is 0 Å².